The molecular formula is H6Na2OS. The van der Waals surface area contributed by atoms with Crippen molar-refractivity contribution in [1.82, 2.24) is 0 Å². The predicted octanol–water partition coefficient (Wildman–Crippen LogP) is -6.48. The van der Waals surface area contributed by atoms with Gasteiger partial charge in [0.05, 0.1) is 0 Å². The van der Waals surface area contributed by atoms with Gasteiger partial charge < -0.3 is 8.33 Å². The molecule has 0 spiro atoms. The molecule has 0 fully saturated rings. The Morgan fingerprint density at radius 2 is 1.00 bits per heavy atom. The summed E-state index contributed by atoms with van der Waals surface area (Å²) >= 11 is 0. The summed E-state index contributed by atoms with van der Waals surface area (Å²) in [5, 5.41) is 0. The van der Waals surface area contributed by atoms with Crippen LogP contribution >= 0.6 is 13.5 Å². The summed E-state index contributed by atoms with van der Waals surface area (Å²) in [5.41, 5.74) is 0. The molecule has 0 amide bonds. The molecule has 0 saturated heterocycles. The first-order chi connectivity index (χ1) is 0. The molecule has 20 valence electrons. The van der Waals surface area contributed by atoms with Gasteiger partial charge in [0, 0.05) is 0 Å². The minimum atomic E-state index is 0. The van der Waals surface area contributed by atoms with Crippen LogP contribution in [0.2, 0.25) is 0 Å². The van der Waals surface area contributed by atoms with Crippen molar-refractivity contribution in [3.05, 3.63) is 0 Å². The fourth-order valence-corrected chi connectivity index (χ4v) is 0. The molecule has 0 aliphatic rings. The third-order valence-corrected chi connectivity index (χ3v) is 0. The first kappa shape index (κ1) is 33.3. The molecule has 0 aliphatic heterocycles. The number of rotatable bonds is 0. The molecule has 0 aromatic heterocycles. The molecule has 0 atom stereocenters. The Hall–Kier alpha value is 2.31. The van der Waals surface area contributed by atoms with E-state index >= 15 is 0 Å². The molecule has 4 heteroatoms. The van der Waals surface area contributed by atoms with Crippen molar-refractivity contribution in [3.63, 3.8) is 0 Å². The zero-order chi connectivity index (χ0) is 0. The van der Waals surface area contributed by atoms with Gasteiger partial charge in [0.15, 0.2) is 0 Å². The minimum Gasteiger partial charge on any atom is -1.00 e. The topological polar surface area (TPSA) is 31.5 Å². The molecule has 0 saturated carbocycles. The summed E-state index contributed by atoms with van der Waals surface area (Å²) in [4.78, 5) is 0. The second-order valence-corrected chi connectivity index (χ2v) is 0. The van der Waals surface area contributed by atoms with E-state index < -0.39 is 0 Å². The summed E-state index contributed by atoms with van der Waals surface area (Å²) in [5.74, 6) is 0. The number of hydrogen-bond acceptors (Lipinski definition) is 0. The molecule has 0 heterocycles. The van der Waals surface area contributed by atoms with Crippen molar-refractivity contribution in [2.75, 3.05) is 0 Å². The third-order valence-electron chi connectivity index (χ3n) is 0. The second-order valence-electron chi connectivity index (χ2n) is 0. The Labute approximate surface area is 79.8 Å². The second kappa shape index (κ2) is 18.5. The summed E-state index contributed by atoms with van der Waals surface area (Å²) < 4.78 is 0. The first-order valence-corrected chi connectivity index (χ1v) is 0. The summed E-state index contributed by atoms with van der Waals surface area (Å²) in [6.45, 7) is 0. The largest absolute Gasteiger partial charge is 1.00 e. The Balaban J connectivity index is 0. The van der Waals surface area contributed by atoms with Crippen LogP contribution in [0.15, 0.2) is 0 Å². The van der Waals surface area contributed by atoms with Gasteiger partial charge in [0.1, 0.15) is 0 Å². The van der Waals surface area contributed by atoms with Crippen molar-refractivity contribution < 1.29 is 67.4 Å². The smallest absolute Gasteiger partial charge is 1.00 e. The monoisotopic (exact) mass is 100.0 g/mol. The fourth-order valence-electron chi connectivity index (χ4n) is 0. The molecule has 0 aromatic carbocycles. The molecule has 0 bridgehead atoms. The quantitative estimate of drug-likeness (QED) is 0.271. The average Bonchev–Trinajstić information content (AvgIpc) is 0. The van der Waals surface area contributed by atoms with Crippen molar-refractivity contribution in [2.24, 2.45) is 0 Å². The van der Waals surface area contributed by atoms with Gasteiger partial charge in [-0.15, -0.1) is 0 Å². The molecule has 1 nitrogen and oxygen atoms in total. The molecule has 0 aromatic rings. The van der Waals surface area contributed by atoms with E-state index in [9.17, 15) is 0 Å². The summed E-state index contributed by atoms with van der Waals surface area (Å²) in [6, 6.07) is 0. The van der Waals surface area contributed by atoms with E-state index in [1.54, 1.807) is 0 Å². The van der Waals surface area contributed by atoms with Gasteiger partial charge in [-0.25, -0.2) is 0 Å². The van der Waals surface area contributed by atoms with Crippen molar-refractivity contribution in [1.29, 1.82) is 0 Å². The first-order valence-electron chi connectivity index (χ1n) is 0. The summed E-state index contributed by atoms with van der Waals surface area (Å²) in [7, 11) is 0. The van der Waals surface area contributed by atoms with Gasteiger partial charge in [-0.1, -0.05) is 0 Å². The van der Waals surface area contributed by atoms with Crippen molar-refractivity contribution in [3.8, 4) is 0 Å². The van der Waals surface area contributed by atoms with Crippen LogP contribution in [0.4, 0.5) is 0 Å². The zero-order valence-corrected chi connectivity index (χ0v) is 8.00. The van der Waals surface area contributed by atoms with Crippen molar-refractivity contribution in [2.45, 2.75) is 0 Å². The van der Waals surface area contributed by atoms with Crippen LogP contribution in [0.25, 0.3) is 0 Å². The standard InChI is InChI=1S/2Na.H2O.H2S.2H/h;;2*1H2;;/q2*+1;;;2*-1. The molecule has 0 aliphatic carbocycles. The maximum Gasteiger partial charge on any atom is 1.00 e. The normalized spacial score (nSPS) is 0. The van der Waals surface area contributed by atoms with E-state index in [-0.39, 0.29) is 80.9 Å². The van der Waals surface area contributed by atoms with Gasteiger partial charge in [-0.05, 0) is 0 Å². The van der Waals surface area contributed by atoms with Gasteiger partial charge in [-0.3, -0.25) is 0 Å². The molecule has 0 radical (unpaired) electrons. The predicted molar refractivity (Wildman–Crippen MR) is 16.2 cm³/mol. The summed E-state index contributed by atoms with van der Waals surface area (Å²) in [6.07, 6.45) is 0. The number of hydrogen-bond donors (Lipinski definition) is 0. The van der Waals surface area contributed by atoms with Crippen molar-refractivity contribution >= 4 is 13.5 Å². The van der Waals surface area contributed by atoms with Gasteiger partial charge in [-0.2, -0.15) is 13.5 Å². The molecule has 0 unspecified atom stereocenters. The Morgan fingerprint density at radius 3 is 1.00 bits per heavy atom. The van der Waals surface area contributed by atoms with Crippen LogP contribution in [0.1, 0.15) is 2.85 Å². The minimum absolute atomic E-state index is 0. The maximum absolute atomic E-state index is 0. The molecule has 4 heavy (non-hydrogen) atoms. The average molecular weight is 100 g/mol. The van der Waals surface area contributed by atoms with E-state index in [0.29, 0.717) is 0 Å². The van der Waals surface area contributed by atoms with Crippen LogP contribution in [0.3, 0.4) is 0 Å². The van der Waals surface area contributed by atoms with E-state index in [2.05, 4.69) is 0 Å². The van der Waals surface area contributed by atoms with Crippen LogP contribution in [0.5, 0.6) is 0 Å². The van der Waals surface area contributed by atoms with E-state index in [1.165, 1.54) is 0 Å². The van der Waals surface area contributed by atoms with Gasteiger partial charge in [0.2, 0.25) is 0 Å². The van der Waals surface area contributed by atoms with Gasteiger partial charge >= 0.3 is 59.1 Å². The van der Waals surface area contributed by atoms with Gasteiger partial charge in [0.25, 0.3) is 0 Å². The molecule has 0 rings (SSSR count). The molecular weight excluding hydrogens is 94.0 g/mol. The van der Waals surface area contributed by atoms with E-state index in [4.69, 9.17) is 0 Å². The van der Waals surface area contributed by atoms with E-state index in [1.807, 2.05) is 0 Å². The Bertz CT molecular complexity index is 11.5. The van der Waals surface area contributed by atoms with Crippen LogP contribution in [-0.4, -0.2) is 5.48 Å². The fraction of sp³-hybridized carbons (Fsp3) is 0. The van der Waals surface area contributed by atoms with Crippen LogP contribution < -0.4 is 59.1 Å². The Morgan fingerprint density at radius 1 is 1.00 bits per heavy atom. The van der Waals surface area contributed by atoms with Crippen LogP contribution in [0, 0.1) is 0 Å². The SMILES string of the molecule is O.S.[H-].[H-].[Na+].[Na+]. The zero-order valence-electron chi connectivity index (χ0n) is 5.00. The maximum atomic E-state index is 0. The Kier molecular flexibility index (Phi) is 154. The molecule has 2 N–H and O–H groups in total. The van der Waals surface area contributed by atoms with E-state index in [0.717, 1.165) is 0 Å². The third kappa shape index (κ3) is 8.85. The van der Waals surface area contributed by atoms with Crippen LogP contribution in [-0.2, 0) is 0 Å².